The van der Waals surface area contributed by atoms with Gasteiger partial charge in [0.05, 0.1) is 18.7 Å². The zero-order valence-electron chi connectivity index (χ0n) is 22.2. The van der Waals surface area contributed by atoms with Gasteiger partial charge >= 0.3 is 5.97 Å². The molecule has 6 heteroatoms. The predicted molar refractivity (Wildman–Crippen MR) is 147 cm³/mol. The van der Waals surface area contributed by atoms with Crippen LogP contribution in [0.5, 0.6) is 0 Å². The molecule has 0 radical (unpaired) electrons. The molecule has 0 aromatic heterocycles. The summed E-state index contributed by atoms with van der Waals surface area (Å²) in [5, 5.41) is 2.96. The lowest BCUT2D eigenvalue weighted by atomic mass is 9.81. The third-order valence-corrected chi connectivity index (χ3v) is 6.98. The summed E-state index contributed by atoms with van der Waals surface area (Å²) in [5.74, 6) is -0.922. The number of benzene rings is 3. The van der Waals surface area contributed by atoms with Crippen molar-refractivity contribution in [1.29, 1.82) is 0 Å². The van der Waals surface area contributed by atoms with Gasteiger partial charge in [0.1, 0.15) is 0 Å². The minimum absolute atomic E-state index is 0.0495. The van der Waals surface area contributed by atoms with Crippen molar-refractivity contribution in [3.63, 3.8) is 0 Å². The van der Waals surface area contributed by atoms with Crippen LogP contribution in [-0.4, -0.2) is 35.8 Å². The lowest BCUT2D eigenvalue weighted by molar-refractivity contribution is -0.140. The maximum Gasteiger partial charge on any atom is 0.336 e. The second-order valence-electron chi connectivity index (χ2n) is 9.50. The van der Waals surface area contributed by atoms with Crippen molar-refractivity contribution in [3.8, 4) is 0 Å². The first-order valence-corrected chi connectivity index (χ1v) is 13.0. The van der Waals surface area contributed by atoms with E-state index in [0.717, 1.165) is 23.1 Å². The lowest BCUT2D eigenvalue weighted by Gasteiger charge is -2.35. The van der Waals surface area contributed by atoms with Crippen LogP contribution in [0.2, 0.25) is 0 Å². The molecule has 1 aliphatic heterocycles. The first-order valence-electron chi connectivity index (χ1n) is 13.0. The smallest absolute Gasteiger partial charge is 0.336 e. The van der Waals surface area contributed by atoms with Crippen LogP contribution in [0.15, 0.2) is 90.1 Å². The summed E-state index contributed by atoms with van der Waals surface area (Å²) in [6.45, 7) is 6.70. The summed E-state index contributed by atoms with van der Waals surface area (Å²) < 4.78 is 5.40. The van der Waals surface area contributed by atoms with Gasteiger partial charge in [0, 0.05) is 30.1 Å². The Morgan fingerprint density at radius 2 is 1.61 bits per heavy atom. The molecule has 2 amide bonds. The highest BCUT2D eigenvalue weighted by Gasteiger charge is 2.37. The number of amides is 2. The molecule has 1 N–H and O–H groups in total. The highest BCUT2D eigenvalue weighted by molar-refractivity contribution is 5.96. The normalized spacial score (nSPS) is 15.4. The summed E-state index contributed by atoms with van der Waals surface area (Å²) in [6.07, 6.45) is 0.956. The summed E-state index contributed by atoms with van der Waals surface area (Å²) in [4.78, 5) is 40.6. The molecule has 0 fully saturated rings. The Hall–Kier alpha value is -4.19. The lowest BCUT2D eigenvalue weighted by Crippen LogP contribution is -2.38. The van der Waals surface area contributed by atoms with Crippen LogP contribution in [0.25, 0.3) is 0 Å². The van der Waals surface area contributed by atoms with Crippen LogP contribution >= 0.6 is 0 Å². The van der Waals surface area contributed by atoms with Gasteiger partial charge in [-0.1, -0.05) is 66.7 Å². The summed E-state index contributed by atoms with van der Waals surface area (Å²) in [7, 11) is 0. The molecule has 1 unspecified atom stereocenters. The van der Waals surface area contributed by atoms with Gasteiger partial charge in [-0.25, -0.2) is 4.79 Å². The van der Waals surface area contributed by atoms with E-state index in [1.165, 1.54) is 5.56 Å². The van der Waals surface area contributed by atoms with Crippen molar-refractivity contribution in [2.75, 3.05) is 13.2 Å². The van der Waals surface area contributed by atoms with Crippen LogP contribution in [-0.2, 0) is 27.3 Å². The molecular weight excluding hydrogens is 476 g/mol. The van der Waals surface area contributed by atoms with E-state index in [0.29, 0.717) is 29.9 Å². The van der Waals surface area contributed by atoms with Crippen LogP contribution in [0.3, 0.4) is 0 Å². The number of hydrogen-bond donors (Lipinski definition) is 1. The van der Waals surface area contributed by atoms with Crippen molar-refractivity contribution < 1.29 is 19.1 Å². The molecule has 1 aliphatic rings. The number of esters is 1. The van der Waals surface area contributed by atoms with E-state index in [9.17, 15) is 14.4 Å². The van der Waals surface area contributed by atoms with Gasteiger partial charge in [-0.2, -0.15) is 0 Å². The minimum Gasteiger partial charge on any atom is -0.463 e. The summed E-state index contributed by atoms with van der Waals surface area (Å²) in [5.41, 5.74) is 5.73. The highest BCUT2D eigenvalue weighted by atomic mass is 16.5. The zero-order chi connectivity index (χ0) is 27.1. The molecule has 196 valence electrons. The van der Waals surface area contributed by atoms with Crippen molar-refractivity contribution in [2.45, 2.75) is 46.1 Å². The second-order valence-corrected chi connectivity index (χ2v) is 9.50. The number of nitrogens with zero attached hydrogens (tertiary/aromatic N) is 1. The van der Waals surface area contributed by atoms with Gasteiger partial charge < -0.3 is 15.0 Å². The molecular formula is C32H34N2O4. The molecule has 6 nitrogen and oxygen atoms in total. The maximum atomic E-state index is 13.3. The molecule has 0 spiro atoms. The molecule has 0 aliphatic carbocycles. The third kappa shape index (κ3) is 6.20. The molecule has 38 heavy (non-hydrogen) atoms. The monoisotopic (exact) mass is 510 g/mol. The van der Waals surface area contributed by atoms with Crippen molar-refractivity contribution in [2.24, 2.45) is 0 Å². The second kappa shape index (κ2) is 12.4. The van der Waals surface area contributed by atoms with E-state index >= 15 is 0 Å². The fraction of sp³-hybridized carbons (Fsp3) is 0.281. The highest BCUT2D eigenvalue weighted by Crippen LogP contribution is 2.38. The maximum absolute atomic E-state index is 13.3. The topological polar surface area (TPSA) is 75.7 Å². The number of hydrogen-bond acceptors (Lipinski definition) is 4. The average Bonchev–Trinajstić information content (AvgIpc) is 2.92. The fourth-order valence-corrected chi connectivity index (χ4v) is 4.93. The van der Waals surface area contributed by atoms with Crippen LogP contribution in [0.1, 0.15) is 58.8 Å². The van der Waals surface area contributed by atoms with Gasteiger partial charge in [0.2, 0.25) is 5.91 Å². The Labute approximate surface area is 224 Å². The zero-order valence-corrected chi connectivity index (χ0v) is 22.2. The Kier molecular flexibility index (Phi) is 8.74. The predicted octanol–water partition coefficient (Wildman–Crippen LogP) is 5.32. The number of aryl methyl sites for hydroxylation is 1. The Balaban J connectivity index is 1.49. The molecule has 4 rings (SSSR count). The molecule has 3 aromatic carbocycles. The Morgan fingerprint density at radius 3 is 2.29 bits per heavy atom. The Bertz CT molecular complexity index is 1330. The van der Waals surface area contributed by atoms with E-state index in [1.54, 1.807) is 24.0 Å². The van der Waals surface area contributed by atoms with E-state index in [-0.39, 0.29) is 30.8 Å². The number of carbonyl (C=O) groups is 3. The number of ether oxygens (including phenoxy) is 1. The van der Waals surface area contributed by atoms with E-state index in [1.807, 2.05) is 80.6 Å². The van der Waals surface area contributed by atoms with Crippen molar-refractivity contribution >= 4 is 17.8 Å². The van der Waals surface area contributed by atoms with Crippen molar-refractivity contribution in [1.82, 2.24) is 10.2 Å². The van der Waals surface area contributed by atoms with Gasteiger partial charge in [-0.3, -0.25) is 9.59 Å². The van der Waals surface area contributed by atoms with Gasteiger partial charge in [-0.15, -0.1) is 0 Å². The van der Waals surface area contributed by atoms with Gasteiger partial charge in [-0.05, 0) is 61.6 Å². The van der Waals surface area contributed by atoms with Crippen LogP contribution in [0, 0.1) is 6.92 Å². The van der Waals surface area contributed by atoms with Gasteiger partial charge in [0.15, 0.2) is 0 Å². The summed E-state index contributed by atoms with van der Waals surface area (Å²) in [6, 6.07) is 25.1. The first kappa shape index (κ1) is 26.9. The molecule has 1 heterocycles. The largest absolute Gasteiger partial charge is 0.463 e. The third-order valence-electron chi connectivity index (χ3n) is 6.98. The van der Waals surface area contributed by atoms with Gasteiger partial charge in [0.25, 0.3) is 5.91 Å². The standard InChI is InChI=1S/C32H34N2O4/c1-4-38-32(37)30-23(3)34(29(35)20-28(30)27-13-9-8-10-22(27)2)21-25-14-16-26(17-15-25)31(36)33-19-18-24-11-6-5-7-12-24/h5-17,28H,4,18-21H2,1-3H3,(H,33,36). The summed E-state index contributed by atoms with van der Waals surface area (Å²) >= 11 is 0. The van der Waals surface area contributed by atoms with E-state index in [4.69, 9.17) is 4.74 Å². The number of carbonyl (C=O) groups excluding carboxylic acids is 3. The number of allylic oxidation sites excluding steroid dienone is 1. The van der Waals surface area contributed by atoms with Crippen LogP contribution < -0.4 is 5.32 Å². The molecule has 0 bridgehead atoms. The number of rotatable bonds is 9. The molecule has 0 saturated heterocycles. The number of nitrogens with one attached hydrogen (secondary N) is 1. The minimum atomic E-state index is -0.390. The van der Waals surface area contributed by atoms with E-state index < -0.39 is 5.97 Å². The van der Waals surface area contributed by atoms with E-state index in [2.05, 4.69) is 5.32 Å². The first-order chi connectivity index (χ1) is 18.4. The van der Waals surface area contributed by atoms with Crippen molar-refractivity contribution in [3.05, 3.63) is 118 Å². The van der Waals surface area contributed by atoms with Crippen LogP contribution in [0.4, 0.5) is 0 Å². The SMILES string of the molecule is CCOC(=O)C1=C(C)N(Cc2ccc(C(=O)NCCc3ccccc3)cc2)C(=O)CC1c1ccccc1C. The molecule has 1 atom stereocenters. The quantitative estimate of drug-likeness (QED) is 0.395. The molecule has 3 aromatic rings. The molecule has 0 saturated carbocycles. The fourth-order valence-electron chi connectivity index (χ4n) is 4.93. The average molecular weight is 511 g/mol. The Morgan fingerprint density at radius 1 is 0.921 bits per heavy atom.